The number of hydrogen-bond donors (Lipinski definition) is 0. The van der Waals surface area contributed by atoms with Gasteiger partial charge >= 0.3 is 5.69 Å². The number of pyridine rings is 2. The first-order valence-corrected chi connectivity index (χ1v) is 12.2. The lowest BCUT2D eigenvalue weighted by molar-refractivity contribution is 0.203. The summed E-state index contributed by atoms with van der Waals surface area (Å²) in [7, 11) is 1.79. The highest BCUT2D eigenvalue weighted by molar-refractivity contribution is 6.09. The summed E-state index contributed by atoms with van der Waals surface area (Å²) >= 11 is 0. The lowest BCUT2D eigenvalue weighted by Gasteiger charge is -2.26. The number of imidazole rings is 1. The normalized spacial score (nSPS) is 16.1. The molecule has 3 aromatic heterocycles. The molecule has 0 N–H and O–H groups in total. The van der Waals surface area contributed by atoms with Crippen LogP contribution in [0, 0.1) is 0 Å². The van der Waals surface area contributed by atoms with Gasteiger partial charge in [-0.1, -0.05) is 6.42 Å². The van der Waals surface area contributed by atoms with E-state index in [9.17, 15) is 4.79 Å². The van der Waals surface area contributed by atoms with Gasteiger partial charge in [0.15, 0.2) is 0 Å². The van der Waals surface area contributed by atoms with Gasteiger partial charge in [0, 0.05) is 37.0 Å². The fourth-order valence-corrected chi connectivity index (χ4v) is 5.22. The van der Waals surface area contributed by atoms with E-state index in [2.05, 4.69) is 14.9 Å². The second-order valence-corrected chi connectivity index (χ2v) is 9.16. The molecule has 1 fully saturated rings. The third kappa shape index (κ3) is 3.62. The maximum Gasteiger partial charge on any atom is 0.329 e. The minimum Gasteiger partial charge on any atom is -0.490 e. The Balaban J connectivity index is 1.26. The number of nitrogens with zero attached hydrogens (tertiary/aromatic N) is 5. The minimum atomic E-state index is -0.0467. The molecule has 0 unspecified atom stereocenters. The summed E-state index contributed by atoms with van der Waals surface area (Å²) in [4.78, 5) is 24.4. The van der Waals surface area contributed by atoms with Gasteiger partial charge < -0.3 is 14.4 Å². The maximum absolute atomic E-state index is 12.8. The van der Waals surface area contributed by atoms with Crippen LogP contribution < -0.4 is 15.2 Å². The predicted octanol–water partition coefficient (Wildman–Crippen LogP) is 3.60. The summed E-state index contributed by atoms with van der Waals surface area (Å²) < 4.78 is 15.5. The minimum absolute atomic E-state index is 0.0467. The molecule has 1 saturated heterocycles. The van der Waals surface area contributed by atoms with E-state index in [1.807, 2.05) is 30.5 Å². The van der Waals surface area contributed by atoms with E-state index in [1.54, 1.807) is 22.4 Å². The Bertz CT molecular complexity index is 1400. The van der Waals surface area contributed by atoms with Crippen molar-refractivity contribution in [3.63, 3.8) is 0 Å². The van der Waals surface area contributed by atoms with Gasteiger partial charge in [-0.15, -0.1) is 0 Å². The zero-order valence-electron chi connectivity index (χ0n) is 19.5. The number of aryl methyl sites for hydroxylation is 1. The second kappa shape index (κ2) is 8.76. The second-order valence-electron chi connectivity index (χ2n) is 9.16. The third-order valence-electron chi connectivity index (χ3n) is 7.02. The lowest BCUT2D eigenvalue weighted by Crippen LogP contribution is -2.31. The smallest absolute Gasteiger partial charge is 0.329 e. The molecule has 8 heteroatoms. The Kier molecular flexibility index (Phi) is 5.45. The molecule has 2 aliphatic heterocycles. The van der Waals surface area contributed by atoms with E-state index < -0.39 is 0 Å². The molecule has 1 aromatic carbocycles. The van der Waals surface area contributed by atoms with Gasteiger partial charge in [0.25, 0.3) is 0 Å². The molecule has 0 saturated carbocycles. The van der Waals surface area contributed by atoms with Crippen molar-refractivity contribution in [2.24, 2.45) is 7.05 Å². The molecular formula is C26H29N5O3. The van der Waals surface area contributed by atoms with Crippen molar-refractivity contribution in [1.82, 2.24) is 24.0 Å². The molecule has 4 aromatic rings. The van der Waals surface area contributed by atoms with E-state index in [1.165, 1.54) is 32.4 Å². The molecular weight excluding hydrogens is 430 g/mol. The monoisotopic (exact) mass is 459 g/mol. The Hall–Kier alpha value is -3.39. The van der Waals surface area contributed by atoms with Crippen LogP contribution in [0.2, 0.25) is 0 Å². The van der Waals surface area contributed by atoms with Crippen molar-refractivity contribution in [3.05, 3.63) is 47.1 Å². The van der Waals surface area contributed by atoms with Crippen LogP contribution in [-0.2, 0) is 13.6 Å². The topological polar surface area (TPSA) is 74.4 Å². The predicted molar refractivity (Wildman–Crippen MR) is 132 cm³/mol. The summed E-state index contributed by atoms with van der Waals surface area (Å²) in [5.41, 5.74) is 4.35. The highest BCUT2D eigenvalue weighted by atomic mass is 16.5. The largest absolute Gasteiger partial charge is 0.490 e. The SMILES string of the molecule is Cn1c(=O)n2c3c4c(c(-c5ccc(OCCCN6CCCCC6)nc5)ccc4ncc31)OCC2. The molecule has 0 amide bonds. The van der Waals surface area contributed by atoms with Crippen LogP contribution >= 0.6 is 0 Å². The van der Waals surface area contributed by atoms with Crippen molar-refractivity contribution < 1.29 is 9.47 Å². The summed E-state index contributed by atoms with van der Waals surface area (Å²) in [5, 5.41) is 0.878. The van der Waals surface area contributed by atoms with E-state index in [-0.39, 0.29) is 5.69 Å². The van der Waals surface area contributed by atoms with Crippen molar-refractivity contribution in [1.29, 1.82) is 0 Å². The first-order chi connectivity index (χ1) is 16.7. The first-order valence-electron chi connectivity index (χ1n) is 12.2. The summed E-state index contributed by atoms with van der Waals surface area (Å²) in [6.45, 7) is 5.11. The molecule has 0 radical (unpaired) electrons. The molecule has 5 heterocycles. The van der Waals surface area contributed by atoms with Crippen LogP contribution in [0.3, 0.4) is 0 Å². The molecule has 6 rings (SSSR count). The Morgan fingerprint density at radius 2 is 1.91 bits per heavy atom. The number of benzene rings is 1. The third-order valence-corrected chi connectivity index (χ3v) is 7.02. The number of aromatic nitrogens is 4. The fraction of sp³-hybridized carbons (Fsp3) is 0.423. The standard InChI is InChI=1S/C26H29N5O3/c1-29-21-17-27-20-8-7-19(25-23(20)24(21)31(26(29)32)13-15-34-25)18-6-9-22(28-16-18)33-14-5-12-30-10-3-2-4-11-30/h6-9,16-17H,2-5,10-15H2,1H3. The highest BCUT2D eigenvalue weighted by Crippen LogP contribution is 2.40. The van der Waals surface area contributed by atoms with Gasteiger partial charge in [0.05, 0.1) is 41.3 Å². The molecule has 176 valence electrons. The number of ether oxygens (including phenoxy) is 2. The molecule has 0 spiro atoms. The van der Waals surface area contributed by atoms with E-state index in [0.717, 1.165) is 51.8 Å². The maximum atomic E-state index is 12.8. The van der Waals surface area contributed by atoms with E-state index in [0.29, 0.717) is 25.6 Å². The Morgan fingerprint density at radius 3 is 2.74 bits per heavy atom. The van der Waals surface area contributed by atoms with Gasteiger partial charge in [-0.25, -0.2) is 9.78 Å². The van der Waals surface area contributed by atoms with Crippen molar-refractivity contribution in [2.75, 3.05) is 32.8 Å². The number of likely N-dealkylation sites (tertiary alicyclic amines) is 1. The summed E-state index contributed by atoms with van der Waals surface area (Å²) in [6.07, 6.45) is 8.59. The number of piperidine rings is 1. The van der Waals surface area contributed by atoms with Crippen LogP contribution in [0.25, 0.3) is 33.1 Å². The molecule has 0 aliphatic carbocycles. The van der Waals surface area contributed by atoms with Crippen LogP contribution in [0.1, 0.15) is 25.7 Å². The average Bonchev–Trinajstić information content (AvgIpc) is 3.01. The quantitative estimate of drug-likeness (QED) is 0.410. The van der Waals surface area contributed by atoms with Gasteiger partial charge in [0.2, 0.25) is 5.88 Å². The van der Waals surface area contributed by atoms with Crippen LogP contribution in [0.5, 0.6) is 11.6 Å². The summed E-state index contributed by atoms with van der Waals surface area (Å²) in [6, 6.07) is 7.93. The lowest BCUT2D eigenvalue weighted by atomic mass is 10.0. The van der Waals surface area contributed by atoms with E-state index >= 15 is 0 Å². The Morgan fingerprint density at radius 1 is 1.03 bits per heavy atom. The average molecular weight is 460 g/mol. The van der Waals surface area contributed by atoms with Crippen LogP contribution in [0.15, 0.2) is 41.5 Å². The van der Waals surface area contributed by atoms with Gasteiger partial charge in [-0.05, 0) is 50.6 Å². The summed E-state index contributed by atoms with van der Waals surface area (Å²) in [5.74, 6) is 1.39. The van der Waals surface area contributed by atoms with Crippen molar-refractivity contribution in [2.45, 2.75) is 32.2 Å². The molecule has 8 nitrogen and oxygen atoms in total. The van der Waals surface area contributed by atoms with Gasteiger partial charge in [0.1, 0.15) is 12.4 Å². The van der Waals surface area contributed by atoms with Gasteiger partial charge in [-0.3, -0.25) is 14.1 Å². The highest BCUT2D eigenvalue weighted by Gasteiger charge is 2.23. The molecule has 34 heavy (non-hydrogen) atoms. The number of hydrogen-bond acceptors (Lipinski definition) is 6. The first kappa shape index (κ1) is 21.2. The van der Waals surface area contributed by atoms with Crippen molar-refractivity contribution in [3.8, 4) is 22.8 Å². The molecule has 2 aliphatic rings. The zero-order valence-corrected chi connectivity index (χ0v) is 19.5. The fourth-order valence-electron chi connectivity index (χ4n) is 5.22. The van der Waals surface area contributed by atoms with Gasteiger partial charge in [-0.2, -0.15) is 0 Å². The van der Waals surface area contributed by atoms with E-state index in [4.69, 9.17) is 9.47 Å². The zero-order chi connectivity index (χ0) is 23.1. The van der Waals surface area contributed by atoms with Crippen molar-refractivity contribution >= 4 is 21.9 Å². The van der Waals surface area contributed by atoms with Crippen LogP contribution in [-0.4, -0.2) is 56.9 Å². The molecule has 0 bridgehead atoms. The number of rotatable bonds is 6. The molecule has 0 atom stereocenters. The Labute approximate surface area is 197 Å². The van der Waals surface area contributed by atoms with Crippen LogP contribution in [0.4, 0.5) is 0 Å².